The molecule has 1 aliphatic rings. The standard InChI is InChI=1S/C16H16FN3/c1-10-6-7-12-11(15(10)18)8-9-20-16(12,19)13-4-2-3-5-14(13)17/h2-9,20H,18-19H2,1H3. The summed E-state index contributed by atoms with van der Waals surface area (Å²) in [6.07, 6.45) is 3.58. The molecule has 102 valence electrons. The fraction of sp³-hybridized carbons (Fsp3) is 0.125. The first-order chi connectivity index (χ1) is 9.54. The van der Waals surface area contributed by atoms with Gasteiger partial charge in [-0.3, -0.25) is 0 Å². The molecule has 3 rings (SSSR count). The van der Waals surface area contributed by atoms with E-state index >= 15 is 0 Å². The number of hydrogen-bond acceptors (Lipinski definition) is 3. The third kappa shape index (κ3) is 1.69. The van der Waals surface area contributed by atoms with Gasteiger partial charge in [0.05, 0.1) is 0 Å². The van der Waals surface area contributed by atoms with Crippen LogP contribution in [0.2, 0.25) is 0 Å². The predicted molar refractivity (Wildman–Crippen MR) is 79.1 cm³/mol. The van der Waals surface area contributed by atoms with Crippen LogP contribution < -0.4 is 16.8 Å². The van der Waals surface area contributed by atoms with Crippen molar-refractivity contribution in [1.82, 2.24) is 5.32 Å². The average molecular weight is 269 g/mol. The van der Waals surface area contributed by atoms with Gasteiger partial charge in [0.2, 0.25) is 0 Å². The van der Waals surface area contributed by atoms with Gasteiger partial charge in [-0.25, -0.2) is 4.39 Å². The Labute approximate surface area is 117 Å². The molecule has 1 atom stereocenters. The highest BCUT2D eigenvalue weighted by Crippen LogP contribution is 2.35. The largest absolute Gasteiger partial charge is 0.398 e. The monoisotopic (exact) mass is 269 g/mol. The molecule has 0 saturated carbocycles. The van der Waals surface area contributed by atoms with Gasteiger partial charge in [0.15, 0.2) is 0 Å². The second-order valence-electron chi connectivity index (χ2n) is 5.02. The molecule has 5 N–H and O–H groups in total. The summed E-state index contributed by atoms with van der Waals surface area (Å²) in [5.41, 5.74) is 15.1. The molecule has 0 amide bonds. The maximum absolute atomic E-state index is 14.1. The van der Waals surface area contributed by atoms with Crippen molar-refractivity contribution in [3.63, 3.8) is 0 Å². The summed E-state index contributed by atoms with van der Waals surface area (Å²) >= 11 is 0. The third-order valence-corrected chi connectivity index (χ3v) is 3.79. The molecule has 0 aliphatic carbocycles. The van der Waals surface area contributed by atoms with E-state index in [0.717, 1.165) is 16.7 Å². The number of aryl methyl sites for hydroxylation is 1. The van der Waals surface area contributed by atoms with Gasteiger partial charge >= 0.3 is 0 Å². The van der Waals surface area contributed by atoms with Gasteiger partial charge in [-0.05, 0) is 30.8 Å². The lowest BCUT2D eigenvalue weighted by atomic mass is 9.85. The van der Waals surface area contributed by atoms with E-state index in [1.165, 1.54) is 6.07 Å². The minimum atomic E-state index is -1.11. The summed E-state index contributed by atoms with van der Waals surface area (Å²) in [5.74, 6) is -0.345. The van der Waals surface area contributed by atoms with E-state index in [1.807, 2.05) is 25.1 Å². The van der Waals surface area contributed by atoms with Gasteiger partial charge < -0.3 is 16.8 Å². The zero-order valence-corrected chi connectivity index (χ0v) is 11.2. The fourth-order valence-corrected chi connectivity index (χ4v) is 2.61. The summed E-state index contributed by atoms with van der Waals surface area (Å²) in [7, 11) is 0. The van der Waals surface area contributed by atoms with Crippen molar-refractivity contribution in [1.29, 1.82) is 0 Å². The molecule has 0 aromatic heterocycles. The molecule has 4 heteroatoms. The van der Waals surface area contributed by atoms with Crippen LogP contribution in [0.1, 0.15) is 22.3 Å². The number of benzene rings is 2. The number of nitrogens with two attached hydrogens (primary N) is 2. The molecular weight excluding hydrogens is 253 g/mol. The lowest BCUT2D eigenvalue weighted by Crippen LogP contribution is -2.51. The van der Waals surface area contributed by atoms with Crippen LogP contribution in [-0.4, -0.2) is 0 Å². The fourth-order valence-electron chi connectivity index (χ4n) is 2.61. The number of hydrogen-bond donors (Lipinski definition) is 3. The Hall–Kier alpha value is -2.33. The number of anilines is 1. The topological polar surface area (TPSA) is 64.1 Å². The normalized spacial score (nSPS) is 20.4. The molecule has 0 bridgehead atoms. The minimum absolute atomic E-state index is 0.345. The van der Waals surface area contributed by atoms with E-state index in [9.17, 15) is 4.39 Å². The number of rotatable bonds is 1. The second-order valence-corrected chi connectivity index (χ2v) is 5.02. The van der Waals surface area contributed by atoms with Crippen LogP contribution in [0.4, 0.5) is 10.1 Å². The van der Waals surface area contributed by atoms with Gasteiger partial charge in [0.1, 0.15) is 11.5 Å². The second kappa shape index (κ2) is 4.35. The van der Waals surface area contributed by atoms with Gasteiger partial charge in [-0.15, -0.1) is 0 Å². The molecule has 0 spiro atoms. The molecule has 1 aliphatic heterocycles. The first-order valence-electron chi connectivity index (χ1n) is 6.42. The van der Waals surface area contributed by atoms with Crippen LogP contribution in [0.5, 0.6) is 0 Å². The van der Waals surface area contributed by atoms with Gasteiger partial charge in [0.25, 0.3) is 0 Å². The quantitative estimate of drug-likeness (QED) is 0.697. The van der Waals surface area contributed by atoms with Gasteiger partial charge in [0, 0.05) is 22.4 Å². The Morgan fingerprint density at radius 1 is 1.10 bits per heavy atom. The van der Waals surface area contributed by atoms with E-state index in [-0.39, 0.29) is 5.82 Å². The van der Waals surface area contributed by atoms with Crippen LogP contribution in [0.3, 0.4) is 0 Å². The number of fused-ring (bicyclic) bond motifs is 1. The Balaban J connectivity index is 2.27. The van der Waals surface area contributed by atoms with E-state index in [2.05, 4.69) is 5.32 Å². The Bertz CT molecular complexity index is 709. The molecule has 2 aromatic carbocycles. The number of halogens is 1. The lowest BCUT2D eigenvalue weighted by molar-refractivity contribution is 0.444. The maximum Gasteiger partial charge on any atom is 0.142 e. The summed E-state index contributed by atoms with van der Waals surface area (Å²) in [5, 5.41) is 3.06. The van der Waals surface area contributed by atoms with Crippen molar-refractivity contribution in [2.75, 3.05) is 5.73 Å². The van der Waals surface area contributed by atoms with Crippen molar-refractivity contribution in [2.24, 2.45) is 5.73 Å². The molecule has 20 heavy (non-hydrogen) atoms. The van der Waals surface area contributed by atoms with E-state index in [0.29, 0.717) is 11.3 Å². The van der Waals surface area contributed by atoms with E-state index in [1.54, 1.807) is 24.4 Å². The first-order valence-corrected chi connectivity index (χ1v) is 6.42. The molecule has 1 heterocycles. The van der Waals surface area contributed by atoms with Gasteiger partial charge in [-0.2, -0.15) is 0 Å². The highest BCUT2D eigenvalue weighted by Gasteiger charge is 2.35. The summed E-state index contributed by atoms with van der Waals surface area (Å²) in [6.45, 7) is 1.94. The van der Waals surface area contributed by atoms with Crippen molar-refractivity contribution in [3.8, 4) is 0 Å². The first kappa shape index (κ1) is 12.7. The summed E-state index contributed by atoms with van der Waals surface area (Å²) < 4.78 is 14.1. The Kier molecular flexibility index (Phi) is 2.76. The van der Waals surface area contributed by atoms with Crippen molar-refractivity contribution in [3.05, 3.63) is 70.7 Å². The summed E-state index contributed by atoms with van der Waals surface area (Å²) in [4.78, 5) is 0. The van der Waals surface area contributed by atoms with Crippen molar-refractivity contribution >= 4 is 11.8 Å². The van der Waals surface area contributed by atoms with Crippen LogP contribution in [-0.2, 0) is 5.66 Å². The van der Waals surface area contributed by atoms with Crippen molar-refractivity contribution in [2.45, 2.75) is 12.6 Å². The molecule has 1 unspecified atom stereocenters. The molecule has 2 aromatic rings. The summed E-state index contributed by atoms with van der Waals surface area (Å²) in [6, 6.07) is 10.3. The molecule has 0 fully saturated rings. The van der Waals surface area contributed by atoms with Crippen LogP contribution in [0.25, 0.3) is 6.08 Å². The highest BCUT2D eigenvalue weighted by molar-refractivity contribution is 5.74. The molecular formula is C16H16FN3. The van der Waals surface area contributed by atoms with E-state index in [4.69, 9.17) is 11.5 Å². The van der Waals surface area contributed by atoms with Crippen LogP contribution in [0.15, 0.2) is 42.6 Å². The average Bonchev–Trinajstić information content (AvgIpc) is 2.44. The zero-order chi connectivity index (χ0) is 14.3. The molecule has 3 nitrogen and oxygen atoms in total. The molecule has 0 saturated heterocycles. The van der Waals surface area contributed by atoms with Crippen molar-refractivity contribution < 1.29 is 4.39 Å². The maximum atomic E-state index is 14.1. The third-order valence-electron chi connectivity index (χ3n) is 3.79. The van der Waals surface area contributed by atoms with Crippen LogP contribution in [0, 0.1) is 12.7 Å². The highest BCUT2D eigenvalue weighted by atomic mass is 19.1. The SMILES string of the molecule is Cc1ccc2c(c1N)C=CNC2(N)c1ccccc1F. The predicted octanol–water partition coefficient (Wildman–Crippen LogP) is 2.45. The Morgan fingerprint density at radius 2 is 1.85 bits per heavy atom. The van der Waals surface area contributed by atoms with Gasteiger partial charge in [-0.1, -0.05) is 30.3 Å². The number of nitrogens with one attached hydrogen (secondary N) is 1. The van der Waals surface area contributed by atoms with Crippen LogP contribution >= 0.6 is 0 Å². The minimum Gasteiger partial charge on any atom is -0.398 e. The zero-order valence-electron chi connectivity index (χ0n) is 11.2. The molecule has 0 radical (unpaired) electrons. The Morgan fingerprint density at radius 3 is 2.60 bits per heavy atom. The lowest BCUT2D eigenvalue weighted by Gasteiger charge is -2.36. The van der Waals surface area contributed by atoms with E-state index < -0.39 is 5.66 Å². The smallest absolute Gasteiger partial charge is 0.142 e. The number of nitrogen functional groups attached to an aromatic ring is 1.